The van der Waals surface area contributed by atoms with Crippen molar-refractivity contribution in [1.29, 1.82) is 0 Å². The number of rotatable bonds is 3. The van der Waals surface area contributed by atoms with Crippen LogP contribution in [0.4, 0.5) is 0 Å². The molecule has 5 unspecified atom stereocenters. The highest BCUT2D eigenvalue weighted by Gasteiger charge is 2.47. The fourth-order valence-electron chi connectivity index (χ4n) is 4.21. The number of hydrogen-bond donors (Lipinski definition) is 3. The van der Waals surface area contributed by atoms with E-state index in [1.165, 1.54) is 6.42 Å². The van der Waals surface area contributed by atoms with Gasteiger partial charge in [-0.2, -0.15) is 0 Å². The van der Waals surface area contributed by atoms with Crippen molar-refractivity contribution in [3.8, 4) is 0 Å². The third-order valence-electron chi connectivity index (χ3n) is 5.65. The van der Waals surface area contributed by atoms with E-state index in [-0.39, 0.29) is 17.9 Å². The Balaban J connectivity index is 1.66. The van der Waals surface area contributed by atoms with E-state index in [1.54, 1.807) is 6.92 Å². The number of carbonyl (C=O) groups excluding carboxylic acids is 1. The van der Waals surface area contributed by atoms with Crippen molar-refractivity contribution in [2.45, 2.75) is 70.0 Å². The van der Waals surface area contributed by atoms with Crippen molar-refractivity contribution < 1.29 is 14.7 Å². The summed E-state index contributed by atoms with van der Waals surface area (Å²) in [5.74, 6) is -0.689. The fourth-order valence-corrected chi connectivity index (χ4v) is 4.21. The molecule has 2 bridgehead atoms. The minimum atomic E-state index is -0.807. The van der Waals surface area contributed by atoms with Crippen LogP contribution in [0.2, 0.25) is 0 Å². The topological polar surface area (TPSA) is 78.4 Å². The number of amides is 1. The summed E-state index contributed by atoms with van der Waals surface area (Å²) in [6, 6.07) is 0.577. The van der Waals surface area contributed by atoms with Crippen LogP contribution in [0.1, 0.15) is 51.9 Å². The molecule has 0 aromatic carbocycles. The van der Waals surface area contributed by atoms with Crippen LogP contribution in [0.15, 0.2) is 0 Å². The number of hydrogen-bond acceptors (Lipinski definition) is 3. The van der Waals surface area contributed by atoms with Gasteiger partial charge in [-0.3, -0.25) is 9.59 Å². The first kappa shape index (κ1) is 13.9. The van der Waals surface area contributed by atoms with Crippen LogP contribution in [0.3, 0.4) is 0 Å². The van der Waals surface area contributed by atoms with E-state index in [0.29, 0.717) is 18.5 Å². The number of nitrogens with one attached hydrogen (secondary N) is 2. The van der Waals surface area contributed by atoms with E-state index in [1.807, 2.05) is 0 Å². The maximum Gasteiger partial charge on any atom is 0.311 e. The average Bonchev–Trinajstić information content (AvgIpc) is 3.03. The molecule has 1 amide bonds. The quantitative estimate of drug-likeness (QED) is 0.727. The lowest BCUT2D eigenvalue weighted by Crippen LogP contribution is -2.54. The smallest absolute Gasteiger partial charge is 0.311 e. The van der Waals surface area contributed by atoms with Crippen LogP contribution >= 0.6 is 0 Å². The van der Waals surface area contributed by atoms with E-state index < -0.39 is 11.4 Å². The van der Waals surface area contributed by atoms with E-state index in [9.17, 15) is 14.7 Å². The van der Waals surface area contributed by atoms with Crippen molar-refractivity contribution in [3.63, 3.8) is 0 Å². The van der Waals surface area contributed by atoms with Crippen LogP contribution in [0, 0.1) is 11.3 Å². The first-order valence-corrected chi connectivity index (χ1v) is 7.80. The van der Waals surface area contributed by atoms with Gasteiger partial charge in [-0.1, -0.05) is 12.8 Å². The van der Waals surface area contributed by atoms with Gasteiger partial charge in [-0.25, -0.2) is 0 Å². The van der Waals surface area contributed by atoms with E-state index >= 15 is 0 Å². The summed E-state index contributed by atoms with van der Waals surface area (Å²) in [4.78, 5) is 24.0. The molecule has 1 aliphatic carbocycles. The third kappa shape index (κ3) is 2.22. The average molecular weight is 280 g/mol. The molecule has 112 valence electrons. The maximum absolute atomic E-state index is 12.5. The molecule has 2 saturated heterocycles. The first-order chi connectivity index (χ1) is 9.50. The number of carboxylic acid groups (broad SMARTS) is 1. The lowest BCUT2D eigenvalue weighted by molar-refractivity contribution is -0.152. The Hall–Kier alpha value is -1.10. The second-order valence-corrected chi connectivity index (χ2v) is 6.92. The van der Waals surface area contributed by atoms with Gasteiger partial charge in [0.15, 0.2) is 0 Å². The molecule has 5 nitrogen and oxygen atoms in total. The Morgan fingerprint density at radius 1 is 1.25 bits per heavy atom. The monoisotopic (exact) mass is 280 g/mol. The minimum Gasteiger partial charge on any atom is -0.481 e. The normalized spacial score (nSPS) is 43.5. The molecule has 3 N–H and O–H groups in total. The zero-order valence-electron chi connectivity index (χ0n) is 12.0. The number of carbonyl (C=O) groups is 2. The molecule has 3 fully saturated rings. The van der Waals surface area contributed by atoms with Crippen LogP contribution in [-0.4, -0.2) is 35.1 Å². The number of fused-ring (bicyclic) bond motifs is 2. The zero-order valence-corrected chi connectivity index (χ0v) is 12.0. The van der Waals surface area contributed by atoms with Gasteiger partial charge in [0.05, 0.1) is 11.3 Å². The molecule has 3 aliphatic rings. The summed E-state index contributed by atoms with van der Waals surface area (Å²) in [5.41, 5.74) is -0.807. The molecule has 2 heterocycles. The van der Waals surface area contributed by atoms with Crippen molar-refractivity contribution in [2.24, 2.45) is 11.3 Å². The lowest BCUT2D eigenvalue weighted by atomic mass is 9.71. The molecular weight excluding hydrogens is 256 g/mol. The Morgan fingerprint density at radius 3 is 2.65 bits per heavy atom. The molecule has 1 saturated carbocycles. The SMILES string of the molecule is CC1(C(=O)O)CCCCC1NC(=O)C1CC2CCC1N2. The zero-order chi connectivity index (χ0) is 14.3. The maximum atomic E-state index is 12.5. The second kappa shape index (κ2) is 5.02. The third-order valence-corrected chi connectivity index (χ3v) is 5.65. The molecular formula is C15H24N2O3. The Bertz CT molecular complexity index is 425. The second-order valence-electron chi connectivity index (χ2n) is 6.92. The first-order valence-electron chi connectivity index (χ1n) is 7.80. The van der Waals surface area contributed by atoms with Crippen LogP contribution in [0.25, 0.3) is 0 Å². The molecule has 0 radical (unpaired) electrons. The van der Waals surface area contributed by atoms with Gasteiger partial charge >= 0.3 is 5.97 Å². The molecule has 5 atom stereocenters. The summed E-state index contributed by atoms with van der Waals surface area (Å²) in [5, 5.41) is 16.0. The molecule has 5 heteroatoms. The van der Waals surface area contributed by atoms with E-state index in [2.05, 4.69) is 10.6 Å². The molecule has 2 aliphatic heterocycles. The van der Waals surface area contributed by atoms with Crippen LogP contribution in [-0.2, 0) is 9.59 Å². The highest BCUT2D eigenvalue weighted by molar-refractivity contribution is 5.82. The van der Waals surface area contributed by atoms with Gasteiger partial charge in [0.2, 0.25) is 5.91 Å². The predicted octanol–water partition coefficient (Wildman–Crippen LogP) is 1.28. The minimum absolute atomic E-state index is 0.0359. The molecule has 0 spiro atoms. The number of aliphatic carboxylic acids is 1. The highest BCUT2D eigenvalue weighted by atomic mass is 16.4. The van der Waals surface area contributed by atoms with Crippen LogP contribution in [0.5, 0.6) is 0 Å². The molecule has 0 aromatic rings. The van der Waals surface area contributed by atoms with Gasteiger partial charge < -0.3 is 15.7 Å². The molecule has 20 heavy (non-hydrogen) atoms. The van der Waals surface area contributed by atoms with Gasteiger partial charge in [0.1, 0.15) is 0 Å². The summed E-state index contributed by atoms with van der Waals surface area (Å²) >= 11 is 0. The Kier molecular flexibility index (Phi) is 3.48. The van der Waals surface area contributed by atoms with Crippen molar-refractivity contribution >= 4 is 11.9 Å². The largest absolute Gasteiger partial charge is 0.481 e. The van der Waals surface area contributed by atoms with E-state index in [0.717, 1.165) is 32.1 Å². The van der Waals surface area contributed by atoms with Gasteiger partial charge in [0, 0.05) is 18.1 Å². The number of carboxylic acids is 1. The Morgan fingerprint density at radius 2 is 2.05 bits per heavy atom. The summed E-state index contributed by atoms with van der Waals surface area (Å²) < 4.78 is 0. The molecule has 3 rings (SSSR count). The van der Waals surface area contributed by atoms with Crippen molar-refractivity contribution in [2.75, 3.05) is 0 Å². The molecule has 0 aromatic heterocycles. The van der Waals surface area contributed by atoms with Crippen LogP contribution < -0.4 is 10.6 Å². The summed E-state index contributed by atoms with van der Waals surface area (Å²) in [6.45, 7) is 1.78. The van der Waals surface area contributed by atoms with Crippen molar-refractivity contribution in [3.05, 3.63) is 0 Å². The standard InChI is InChI=1S/C15H24N2O3/c1-15(14(19)20)7-3-2-4-12(15)17-13(18)10-8-9-5-6-11(10)16-9/h9-12,16H,2-8H2,1H3,(H,17,18)(H,19,20). The van der Waals surface area contributed by atoms with Gasteiger partial charge in [-0.05, 0) is 39.0 Å². The fraction of sp³-hybridized carbons (Fsp3) is 0.867. The summed E-state index contributed by atoms with van der Waals surface area (Å²) in [6.07, 6.45) is 6.53. The Labute approximate surface area is 119 Å². The van der Waals surface area contributed by atoms with Gasteiger partial charge in [-0.15, -0.1) is 0 Å². The lowest BCUT2D eigenvalue weighted by Gasteiger charge is -2.39. The summed E-state index contributed by atoms with van der Waals surface area (Å²) in [7, 11) is 0. The van der Waals surface area contributed by atoms with E-state index in [4.69, 9.17) is 0 Å². The van der Waals surface area contributed by atoms with Crippen molar-refractivity contribution in [1.82, 2.24) is 10.6 Å². The van der Waals surface area contributed by atoms with Gasteiger partial charge in [0.25, 0.3) is 0 Å². The highest BCUT2D eigenvalue weighted by Crippen LogP contribution is 2.38. The predicted molar refractivity (Wildman–Crippen MR) is 74.2 cm³/mol.